The molecule has 0 aromatic carbocycles. The topological polar surface area (TPSA) is 63.1 Å². The van der Waals surface area contributed by atoms with Crippen LogP contribution in [0.1, 0.15) is 21.1 Å². The molecule has 7 heteroatoms. The van der Waals surface area contributed by atoms with Crippen molar-refractivity contribution < 1.29 is 9.90 Å². The van der Waals surface area contributed by atoms with Crippen molar-refractivity contribution in [3.05, 3.63) is 21.6 Å². The van der Waals surface area contributed by atoms with Gasteiger partial charge >= 0.3 is 5.97 Å². The highest BCUT2D eigenvalue weighted by Crippen LogP contribution is 2.34. The summed E-state index contributed by atoms with van der Waals surface area (Å²) in [7, 11) is 0. The van der Waals surface area contributed by atoms with Crippen LogP contribution in [0.3, 0.4) is 0 Å². The lowest BCUT2D eigenvalue weighted by atomic mass is 10.4. The summed E-state index contributed by atoms with van der Waals surface area (Å²) in [5.41, 5.74) is 1.53. The number of carbonyl (C=O) groups is 1. The molecule has 0 aliphatic rings. The second kappa shape index (κ2) is 4.52. The fourth-order valence-corrected chi connectivity index (χ4v) is 4.13. The van der Waals surface area contributed by atoms with Crippen LogP contribution in [0.25, 0.3) is 0 Å². The number of carboxylic acid groups (broad SMARTS) is 1. The molecule has 0 aliphatic heterocycles. The van der Waals surface area contributed by atoms with Gasteiger partial charge in [0, 0.05) is 11.1 Å². The average Bonchev–Trinajstić information content (AvgIpc) is 2.73. The van der Waals surface area contributed by atoms with Crippen LogP contribution in [0.4, 0.5) is 0 Å². The Hall–Kier alpha value is -0.920. The van der Waals surface area contributed by atoms with E-state index >= 15 is 0 Å². The Morgan fingerprint density at radius 1 is 1.38 bits per heavy atom. The Morgan fingerprint density at radius 2 is 2.12 bits per heavy atom. The van der Waals surface area contributed by atoms with E-state index in [1.807, 2.05) is 12.3 Å². The molecule has 1 N–H and O–H groups in total. The lowest BCUT2D eigenvalue weighted by Crippen LogP contribution is -1.94. The minimum Gasteiger partial charge on any atom is -0.477 e. The zero-order chi connectivity index (χ0) is 11.7. The SMILES string of the molecule is Cc1csc(Sc2nc(C)c(C(=O)O)s2)n1. The summed E-state index contributed by atoms with van der Waals surface area (Å²) in [4.78, 5) is 19.6. The van der Waals surface area contributed by atoms with Gasteiger partial charge in [-0.2, -0.15) is 0 Å². The van der Waals surface area contributed by atoms with E-state index in [0.717, 1.165) is 14.4 Å². The fourth-order valence-electron chi connectivity index (χ4n) is 1.07. The molecule has 0 spiro atoms. The monoisotopic (exact) mass is 272 g/mol. The Balaban J connectivity index is 2.22. The van der Waals surface area contributed by atoms with Crippen molar-refractivity contribution in [3.63, 3.8) is 0 Å². The van der Waals surface area contributed by atoms with Crippen molar-refractivity contribution in [2.75, 3.05) is 0 Å². The number of aryl methyl sites for hydroxylation is 2. The van der Waals surface area contributed by atoms with Gasteiger partial charge < -0.3 is 5.11 Å². The molecular formula is C9H8N2O2S3. The van der Waals surface area contributed by atoms with E-state index in [1.54, 1.807) is 6.92 Å². The third-order valence-corrected chi connectivity index (χ3v) is 5.01. The van der Waals surface area contributed by atoms with E-state index in [-0.39, 0.29) is 0 Å². The fraction of sp³-hybridized carbons (Fsp3) is 0.222. The molecule has 0 unspecified atom stereocenters. The van der Waals surface area contributed by atoms with Crippen LogP contribution >= 0.6 is 34.4 Å². The van der Waals surface area contributed by atoms with Crippen molar-refractivity contribution in [2.45, 2.75) is 22.5 Å². The molecule has 0 saturated carbocycles. The summed E-state index contributed by atoms with van der Waals surface area (Å²) < 4.78 is 1.62. The first kappa shape index (κ1) is 11.6. The minimum atomic E-state index is -0.919. The van der Waals surface area contributed by atoms with Gasteiger partial charge in [0.05, 0.1) is 5.69 Å². The molecule has 0 atom stereocenters. The van der Waals surface area contributed by atoms with Crippen molar-refractivity contribution in [3.8, 4) is 0 Å². The second-order valence-corrected chi connectivity index (χ2v) is 6.41. The van der Waals surface area contributed by atoms with Gasteiger partial charge in [0.25, 0.3) is 0 Å². The highest BCUT2D eigenvalue weighted by Gasteiger charge is 2.15. The summed E-state index contributed by atoms with van der Waals surface area (Å²) in [6.07, 6.45) is 0. The molecule has 2 aromatic rings. The molecule has 0 radical (unpaired) electrons. The number of aromatic nitrogens is 2. The zero-order valence-electron chi connectivity index (χ0n) is 8.55. The predicted octanol–water partition coefficient (Wildman–Crippen LogP) is 3.07. The van der Waals surface area contributed by atoms with Gasteiger partial charge in [0.15, 0.2) is 8.68 Å². The molecular weight excluding hydrogens is 264 g/mol. The lowest BCUT2D eigenvalue weighted by Gasteiger charge is -1.88. The molecule has 0 saturated heterocycles. The van der Waals surface area contributed by atoms with Gasteiger partial charge in [-0.05, 0) is 25.6 Å². The molecule has 0 bridgehead atoms. The van der Waals surface area contributed by atoms with Crippen LogP contribution in [-0.2, 0) is 0 Å². The molecule has 84 valence electrons. The third kappa shape index (κ3) is 2.42. The van der Waals surface area contributed by atoms with Crippen molar-refractivity contribution in [1.82, 2.24) is 9.97 Å². The zero-order valence-corrected chi connectivity index (χ0v) is 11.0. The largest absolute Gasteiger partial charge is 0.477 e. The van der Waals surface area contributed by atoms with Crippen LogP contribution in [0.5, 0.6) is 0 Å². The van der Waals surface area contributed by atoms with E-state index in [1.165, 1.54) is 34.4 Å². The van der Waals surface area contributed by atoms with Crippen molar-refractivity contribution in [2.24, 2.45) is 0 Å². The first-order chi connectivity index (χ1) is 7.56. The van der Waals surface area contributed by atoms with Crippen molar-refractivity contribution >= 4 is 40.4 Å². The smallest absolute Gasteiger partial charge is 0.347 e. The normalized spacial score (nSPS) is 10.6. The lowest BCUT2D eigenvalue weighted by molar-refractivity contribution is 0.0701. The highest BCUT2D eigenvalue weighted by molar-refractivity contribution is 8.02. The number of aromatic carboxylic acids is 1. The van der Waals surface area contributed by atoms with E-state index in [2.05, 4.69) is 9.97 Å². The van der Waals surface area contributed by atoms with Crippen LogP contribution in [0, 0.1) is 13.8 Å². The van der Waals surface area contributed by atoms with E-state index in [4.69, 9.17) is 5.11 Å². The van der Waals surface area contributed by atoms with Crippen molar-refractivity contribution in [1.29, 1.82) is 0 Å². The first-order valence-electron chi connectivity index (χ1n) is 4.37. The summed E-state index contributed by atoms with van der Waals surface area (Å²) in [5, 5.41) is 10.9. The summed E-state index contributed by atoms with van der Waals surface area (Å²) in [6, 6.07) is 0. The quantitative estimate of drug-likeness (QED) is 0.930. The van der Waals surface area contributed by atoms with Gasteiger partial charge in [-0.15, -0.1) is 11.3 Å². The van der Waals surface area contributed by atoms with Crippen LogP contribution in [0.15, 0.2) is 14.1 Å². The first-order valence-corrected chi connectivity index (χ1v) is 6.88. The summed E-state index contributed by atoms with van der Waals surface area (Å²) in [6.45, 7) is 3.63. The van der Waals surface area contributed by atoms with E-state index in [9.17, 15) is 4.79 Å². The Bertz CT molecular complexity index is 533. The molecule has 4 nitrogen and oxygen atoms in total. The van der Waals surface area contributed by atoms with E-state index in [0.29, 0.717) is 10.6 Å². The number of thiazole rings is 2. The van der Waals surface area contributed by atoms with Crippen LogP contribution < -0.4 is 0 Å². The van der Waals surface area contributed by atoms with E-state index < -0.39 is 5.97 Å². The van der Waals surface area contributed by atoms with Gasteiger partial charge in [-0.1, -0.05) is 11.3 Å². The van der Waals surface area contributed by atoms with Gasteiger partial charge in [-0.3, -0.25) is 0 Å². The maximum atomic E-state index is 10.8. The van der Waals surface area contributed by atoms with Crippen LogP contribution in [0.2, 0.25) is 0 Å². The average molecular weight is 272 g/mol. The van der Waals surface area contributed by atoms with Crippen LogP contribution in [-0.4, -0.2) is 21.0 Å². The van der Waals surface area contributed by atoms with Gasteiger partial charge in [0.2, 0.25) is 0 Å². The summed E-state index contributed by atoms with van der Waals surface area (Å²) >= 11 is 4.14. The number of carboxylic acids is 1. The number of rotatable bonds is 3. The molecule has 0 amide bonds. The molecule has 2 rings (SSSR count). The highest BCUT2D eigenvalue weighted by atomic mass is 32.2. The predicted molar refractivity (Wildman–Crippen MR) is 64.8 cm³/mol. The van der Waals surface area contributed by atoms with Gasteiger partial charge in [-0.25, -0.2) is 14.8 Å². The third-order valence-electron chi connectivity index (χ3n) is 1.74. The standard InChI is InChI=1S/C9H8N2O2S3/c1-4-3-14-8(10-4)16-9-11-5(2)6(15-9)7(12)13/h3H,1-2H3,(H,12,13). The Labute approximate surface area is 104 Å². The molecule has 2 heterocycles. The molecule has 0 fully saturated rings. The number of nitrogens with zero attached hydrogens (tertiary/aromatic N) is 2. The second-order valence-electron chi connectivity index (χ2n) is 3.06. The maximum absolute atomic E-state index is 10.8. The maximum Gasteiger partial charge on any atom is 0.347 e. The molecule has 2 aromatic heterocycles. The Kier molecular flexibility index (Phi) is 3.27. The molecule has 16 heavy (non-hydrogen) atoms. The minimum absolute atomic E-state index is 0.302. The van der Waals surface area contributed by atoms with Gasteiger partial charge in [0.1, 0.15) is 4.88 Å². The summed E-state index contributed by atoms with van der Waals surface area (Å²) in [5.74, 6) is -0.919. The Morgan fingerprint density at radius 3 is 2.62 bits per heavy atom. The molecule has 0 aliphatic carbocycles. The number of hydrogen-bond donors (Lipinski definition) is 1. The number of hydrogen-bond acceptors (Lipinski definition) is 6.